The first kappa shape index (κ1) is 18.0. The van der Waals surface area contributed by atoms with Crippen LogP contribution >= 0.6 is 11.6 Å². The lowest BCUT2D eigenvalue weighted by Gasteiger charge is -2.08. The van der Waals surface area contributed by atoms with E-state index in [1.165, 1.54) is 0 Å². The van der Waals surface area contributed by atoms with Crippen molar-refractivity contribution in [2.45, 2.75) is 20.4 Å². The van der Waals surface area contributed by atoms with Gasteiger partial charge in [-0.15, -0.1) is 0 Å². The highest BCUT2D eigenvalue weighted by Crippen LogP contribution is 2.19. The molecule has 0 radical (unpaired) electrons. The van der Waals surface area contributed by atoms with Gasteiger partial charge in [0, 0.05) is 10.7 Å². The number of aryl methyl sites for hydroxylation is 2. The number of carbonyl (C=O) groups is 2. The second-order valence-corrected chi connectivity index (χ2v) is 5.70. The molecule has 6 nitrogen and oxygen atoms in total. The summed E-state index contributed by atoms with van der Waals surface area (Å²) in [5.41, 5.74) is 1.51. The number of nitrogens with one attached hydrogen (secondary N) is 2. The zero-order valence-corrected chi connectivity index (χ0v) is 14.3. The summed E-state index contributed by atoms with van der Waals surface area (Å²) in [5.74, 6) is 0.762. The second-order valence-electron chi connectivity index (χ2n) is 5.29. The largest absolute Gasteiger partial charge is 0.465 e. The minimum Gasteiger partial charge on any atom is -0.465 e. The monoisotopic (exact) mass is 350 g/mol. The fourth-order valence-electron chi connectivity index (χ4n) is 1.92. The molecule has 2 aromatic rings. The molecule has 2 amide bonds. The third-order valence-electron chi connectivity index (χ3n) is 3.18. The van der Waals surface area contributed by atoms with Gasteiger partial charge < -0.3 is 19.8 Å². The Bertz CT molecular complexity index is 727. The second kappa shape index (κ2) is 8.52. The van der Waals surface area contributed by atoms with Crippen molar-refractivity contribution in [2.24, 2.45) is 0 Å². The molecule has 0 aliphatic heterocycles. The van der Waals surface area contributed by atoms with Crippen molar-refractivity contribution in [1.82, 2.24) is 5.32 Å². The molecule has 24 heavy (non-hydrogen) atoms. The summed E-state index contributed by atoms with van der Waals surface area (Å²) >= 11 is 5.99. The van der Waals surface area contributed by atoms with Crippen molar-refractivity contribution in [3.8, 4) is 0 Å². The maximum Gasteiger partial charge on any atom is 0.250 e. The number of ether oxygens (including phenoxy) is 1. The first-order valence-electron chi connectivity index (χ1n) is 7.40. The fourth-order valence-corrected chi connectivity index (χ4v) is 2.10. The topological polar surface area (TPSA) is 80.6 Å². The lowest BCUT2D eigenvalue weighted by molar-refractivity contribution is -0.128. The summed E-state index contributed by atoms with van der Waals surface area (Å²) < 4.78 is 10.4. The smallest absolute Gasteiger partial charge is 0.250 e. The predicted octanol–water partition coefficient (Wildman–Crippen LogP) is 2.82. The zero-order chi connectivity index (χ0) is 17.5. The van der Waals surface area contributed by atoms with E-state index in [2.05, 4.69) is 10.6 Å². The number of carbonyl (C=O) groups excluding carboxylic acids is 2. The number of halogens is 1. The highest BCUT2D eigenvalue weighted by molar-refractivity contribution is 6.31. The quantitative estimate of drug-likeness (QED) is 0.804. The molecule has 0 saturated carbocycles. The Morgan fingerprint density at radius 3 is 2.54 bits per heavy atom. The summed E-state index contributed by atoms with van der Waals surface area (Å²) in [6.45, 7) is 3.55. The molecule has 1 aromatic heterocycles. The van der Waals surface area contributed by atoms with Gasteiger partial charge in [-0.1, -0.05) is 17.7 Å². The number of amides is 2. The molecule has 2 rings (SSSR count). The summed E-state index contributed by atoms with van der Waals surface area (Å²) in [7, 11) is 0. The first-order chi connectivity index (χ1) is 11.4. The lowest BCUT2D eigenvalue weighted by atomic mass is 10.2. The van der Waals surface area contributed by atoms with Gasteiger partial charge >= 0.3 is 0 Å². The summed E-state index contributed by atoms with van der Waals surface area (Å²) in [6, 6.07) is 8.82. The van der Waals surface area contributed by atoms with Crippen LogP contribution in [-0.2, 0) is 20.9 Å². The highest BCUT2D eigenvalue weighted by Gasteiger charge is 2.07. The van der Waals surface area contributed by atoms with Gasteiger partial charge in [-0.25, -0.2) is 0 Å². The third-order valence-corrected chi connectivity index (χ3v) is 3.58. The van der Waals surface area contributed by atoms with Crippen LogP contribution < -0.4 is 10.6 Å². The summed E-state index contributed by atoms with van der Waals surface area (Å²) in [6.07, 6.45) is 0. The van der Waals surface area contributed by atoms with Gasteiger partial charge in [0.05, 0.1) is 6.54 Å². The minimum absolute atomic E-state index is 0.207. The van der Waals surface area contributed by atoms with E-state index in [1.807, 2.05) is 26.0 Å². The van der Waals surface area contributed by atoms with Crippen LogP contribution in [0.5, 0.6) is 0 Å². The van der Waals surface area contributed by atoms with E-state index < -0.39 is 0 Å². The molecule has 0 bridgehead atoms. The third kappa shape index (κ3) is 5.72. The molecule has 0 fully saturated rings. The molecular formula is C17H19ClN2O4. The molecule has 0 aliphatic rings. The van der Waals surface area contributed by atoms with Crippen LogP contribution in [0, 0.1) is 13.8 Å². The first-order valence-corrected chi connectivity index (χ1v) is 7.77. The number of hydrogen-bond acceptors (Lipinski definition) is 4. The van der Waals surface area contributed by atoms with Gasteiger partial charge in [-0.3, -0.25) is 9.59 Å². The normalized spacial score (nSPS) is 10.5. The van der Waals surface area contributed by atoms with Crippen molar-refractivity contribution in [3.63, 3.8) is 0 Å². The minimum atomic E-state index is -0.357. The number of benzene rings is 1. The SMILES string of the molecule is Cc1ccc(CNC(=O)COCC(=O)Nc2ccc(C)c(Cl)c2)o1. The molecule has 0 atom stereocenters. The molecule has 1 aromatic carbocycles. The van der Waals surface area contributed by atoms with E-state index in [-0.39, 0.29) is 31.6 Å². The van der Waals surface area contributed by atoms with E-state index in [1.54, 1.807) is 18.2 Å². The van der Waals surface area contributed by atoms with Gasteiger partial charge in [0.1, 0.15) is 24.7 Å². The molecule has 1 heterocycles. The van der Waals surface area contributed by atoms with Crippen molar-refractivity contribution in [2.75, 3.05) is 18.5 Å². The molecule has 0 aliphatic carbocycles. The molecule has 7 heteroatoms. The summed E-state index contributed by atoms with van der Waals surface area (Å²) in [4.78, 5) is 23.4. The van der Waals surface area contributed by atoms with Crippen molar-refractivity contribution < 1.29 is 18.7 Å². The van der Waals surface area contributed by atoms with E-state index >= 15 is 0 Å². The molecule has 128 valence electrons. The van der Waals surface area contributed by atoms with Crippen LogP contribution in [0.15, 0.2) is 34.7 Å². The predicted molar refractivity (Wildman–Crippen MR) is 90.9 cm³/mol. The van der Waals surface area contributed by atoms with E-state index in [0.29, 0.717) is 16.5 Å². The summed E-state index contributed by atoms with van der Waals surface area (Å²) in [5, 5.41) is 5.86. The number of rotatable bonds is 7. The van der Waals surface area contributed by atoms with E-state index in [4.69, 9.17) is 20.8 Å². The standard InChI is InChI=1S/C17H19ClN2O4/c1-11-3-5-13(7-15(11)18)20-17(22)10-23-9-16(21)19-8-14-6-4-12(2)24-14/h3-7H,8-10H2,1-2H3,(H,19,21)(H,20,22). The number of furan rings is 1. The highest BCUT2D eigenvalue weighted by atomic mass is 35.5. The van der Waals surface area contributed by atoms with Crippen LogP contribution in [0.4, 0.5) is 5.69 Å². The van der Waals surface area contributed by atoms with Crippen LogP contribution in [0.3, 0.4) is 0 Å². The van der Waals surface area contributed by atoms with Gasteiger partial charge in [0.15, 0.2) is 0 Å². The number of hydrogen-bond donors (Lipinski definition) is 2. The Balaban J connectivity index is 1.66. The average molecular weight is 351 g/mol. The van der Waals surface area contributed by atoms with Crippen molar-refractivity contribution in [1.29, 1.82) is 0 Å². The molecule has 0 unspecified atom stereocenters. The Morgan fingerprint density at radius 1 is 1.12 bits per heavy atom. The van der Waals surface area contributed by atoms with Crippen LogP contribution in [0.1, 0.15) is 17.1 Å². The van der Waals surface area contributed by atoms with Crippen LogP contribution in [0.2, 0.25) is 5.02 Å². The fraction of sp³-hybridized carbons (Fsp3) is 0.294. The van der Waals surface area contributed by atoms with Crippen LogP contribution in [0.25, 0.3) is 0 Å². The molecule has 2 N–H and O–H groups in total. The Hall–Kier alpha value is -2.31. The molecule has 0 saturated heterocycles. The van der Waals surface area contributed by atoms with Crippen molar-refractivity contribution >= 4 is 29.1 Å². The van der Waals surface area contributed by atoms with Gasteiger partial charge in [-0.05, 0) is 43.7 Å². The van der Waals surface area contributed by atoms with Crippen molar-refractivity contribution in [3.05, 3.63) is 52.4 Å². The maximum atomic E-state index is 11.7. The van der Waals surface area contributed by atoms with Gasteiger partial charge in [0.2, 0.25) is 11.8 Å². The average Bonchev–Trinajstić information content (AvgIpc) is 2.94. The van der Waals surface area contributed by atoms with Gasteiger partial charge in [0.25, 0.3) is 0 Å². The lowest BCUT2D eigenvalue weighted by Crippen LogP contribution is -2.29. The maximum absolute atomic E-state index is 11.7. The number of anilines is 1. The van der Waals surface area contributed by atoms with E-state index in [0.717, 1.165) is 11.3 Å². The zero-order valence-electron chi connectivity index (χ0n) is 13.5. The Labute approximate surface area is 145 Å². The van der Waals surface area contributed by atoms with E-state index in [9.17, 15) is 9.59 Å². The molecule has 0 spiro atoms. The molecular weight excluding hydrogens is 332 g/mol. The van der Waals surface area contributed by atoms with Gasteiger partial charge in [-0.2, -0.15) is 0 Å². The Morgan fingerprint density at radius 2 is 1.88 bits per heavy atom. The Kier molecular flexibility index (Phi) is 6.40. The van der Waals surface area contributed by atoms with Crippen LogP contribution in [-0.4, -0.2) is 25.0 Å².